The molecule has 0 atom stereocenters. The van der Waals surface area contributed by atoms with Crippen LogP contribution in [0.15, 0.2) is 22.7 Å². The molecule has 1 rings (SSSR count). The molecule has 0 heterocycles. The molecule has 1 aromatic carbocycles. The van der Waals surface area contributed by atoms with Crippen LogP contribution in [0.25, 0.3) is 0 Å². The van der Waals surface area contributed by atoms with Gasteiger partial charge in [0.15, 0.2) is 0 Å². The molecule has 0 aliphatic carbocycles. The molecule has 2 nitrogen and oxygen atoms in total. The lowest BCUT2D eigenvalue weighted by atomic mass is 10.2. The molecule has 0 radical (unpaired) electrons. The first kappa shape index (κ1) is 10.9. The molecule has 13 heavy (non-hydrogen) atoms. The van der Waals surface area contributed by atoms with Crippen molar-refractivity contribution in [1.82, 2.24) is 0 Å². The molecule has 72 valence electrons. The van der Waals surface area contributed by atoms with Crippen molar-refractivity contribution < 1.29 is 12.3 Å². The van der Waals surface area contributed by atoms with E-state index in [2.05, 4.69) is 15.9 Å². The number of hydrogen-bond acceptors (Lipinski definition) is 2. The lowest BCUT2D eigenvalue weighted by molar-refractivity contribution is 0.551. The Morgan fingerprint density at radius 1 is 1.46 bits per heavy atom. The van der Waals surface area contributed by atoms with Crippen LogP contribution in [-0.4, -0.2) is 8.42 Å². The zero-order chi connectivity index (χ0) is 10.1. The summed E-state index contributed by atoms with van der Waals surface area (Å²) >= 11 is 8.78. The molecule has 0 saturated carbocycles. The number of hydrogen-bond donors (Lipinski definition) is 0. The number of benzene rings is 1. The van der Waals surface area contributed by atoms with Crippen LogP contribution in [0, 0.1) is 0 Å². The first-order chi connectivity index (χ1) is 5.88. The molecule has 0 aromatic heterocycles. The average Bonchev–Trinajstić information content (AvgIpc) is 1.94. The molecular formula is C7H5BrClFO2S. The third kappa shape index (κ3) is 3.62. The van der Waals surface area contributed by atoms with E-state index in [1.165, 1.54) is 12.1 Å². The van der Waals surface area contributed by atoms with Crippen molar-refractivity contribution in [3.8, 4) is 0 Å². The van der Waals surface area contributed by atoms with Crippen LogP contribution in [0.4, 0.5) is 3.89 Å². The highest BCUT2D eigenvalue weighted by atomic mass is 79.9. The van der Waals surface area contributed by atoms with Crippen LogP contribution < -0.4 is 0 Å². The van der Waals surface area contributed by atoms with Crippen LogP contribution in [0.2, 0.25) is 5.02 Å². The second-order valence-corrected chi connectivity index (χ2v) is 5.11. The van der Waals surface area contributed by atoms with Gasteiger partial charge in [-0.05, 0) is 23.8 Å². The van der Waals surface area contributed by atoms with E-state index < -0.39 is 16.0 Å². The van der Waals surface area contributed by atoms with Gasteiger partial charge in [-0.25, -0.2) is 0 Å². The molecular weight excluding hydrogens is 282 g/mol. The fourth-order valence-electron chi connectivity index (χ4n) is 0.840. The fourth-order valence-corrected chi connectivity index (χ4v) is 2.12. The minimum atomic E-state index is -4.52. The van der Waals surface area contributed by atoms with E-state index in [9.17, 15) is 12.3 Å². The van der Waals surface area contributed by atoms with Gasteiger partial charge in [0.25, 0.3) is 0 Å². The Morgan fingerprint density at radius 2 is 2.08 bits per heavy atom. The lowest BCUT2D eigenvalue weighted by Gasteiger charge is -2.00. The van der Waals surface area contributed by atoms with Crippen molar-refractivity contribution in [3.05, 3.63) is 33.3 Å². The topological polar surface area (TPSA) is 34.1 Å². The van der Waals surface area contributed by atoms with Gasteiger partial charge in [-0.1, -0.05) is 27.5 Å². The van der Waals surface area contributed by atoms with Crippen LogP contribution in [0.3, 0.4) is 0 Å². The summed E-state index contributed by atoms with van der Waals surface area (Å²) in [5, 5.41) is 0.240. The Hall–Kier alpha value is -0.130. The molecule has 0 spiro atoms. The van der Waals surface area contributed by atoms with Crippen molar-refractivity contribution in [2.75, 3.05) is 0 Å². The summed E-state index contributed by atoms with van der Waals surface area (Å²) in [6.07, 6.45) is 0. The van der Waals surface area contributed by atoms with Crippen molar-refractivity contribution in [2.45, 2.75) is 5.75 Å². The van der Waals surface area contributed by atoms with Crippen molar-refractivity contribution in [3.63, 3.8) is 0 Å². The SMILES string of the molecule is O=S(=O)(F)Cc1cc(Br)ccc1Cl. The fraction of sp³-hybridized carbons (Fsp3) is 0.143. The summed E-state index contributed by atoms with van der Waals surface area (Å²) in [5.41, 5.74) is 0.249. The largest absolute Gasteiger partial charge is 0.306 e. The second kappa shape index (κ2) is 3.94. The van der Waals surface area contributed by atoms with Gasteiger partial charge in [-0.15, -0.1) is 3.89 Å². The molecule has 0 aliphatic heterocycles. The van der Waals surface area contributed by atoms with Gasteiger partial charge < -0.3 is 0 Å². The molecule has 1 aromatic rings. The highest BCUT2D eigenvalue weighted by Gasteiger charge is 2.11. The monoisotopic (exact) mass is 286 g/mol. The first-order valence-corrected chi connectivity index (χ1v) is 5.97. The molecule has 6 heteroatoms. The van der Waals surface area contributed by atoms with Gasteiger partial charge in [0, 0.05) is 9.50 Å². The normalized spacial score (nSPS) is 11.6. The minimum absolute atomic E-state index is 0.240. The summed E-state index contributed by atoms with van der Waals surface area (Å²) in [7, 11) is -4.52. The van der Waals surface area contributed by atoms with Crippen LogP contribution >= 0.6 is 27.5 Å². The molecule has 0 aliphatic rings. The standard InChI is InChI=1S/C7H5BrClFO2S/c8-6-1-2-7(9)5(3-6)4-13(10,11)12/h1-3H,4H2. The van der Waals surface area contributed by atoms with E-state index in [4.69, 9.17) is 11.6 Å². The van der Waals surface area contributed by atoms with Gasteiger partial charge in [0.2, 0.25) is 0 Å². The van der Waals surface area contributed by atoms with Crippen LogP contribution in [0.1, 0.15) is 5.56 Å². The average molecular weight is 288 g/mol. The zero-order valence-electron chi connectivity index (χ0n) is 6.30. The minimum Gasteiger partial charge on any atom is -0.194 e. The van der Waals surface area contributed by atoms with Gasteiger partial charge in [-0.2, -0.15) is 8.42 Å². The summed E-state index contributed by atoms with van der Waals surface area (Å²) in [6, 6.07) is 4.63. The Kier molecular flexibility index (Phi) is 3.32. The Balaban J connectivity index is 3.08. The maximum absolute atomic E-state index is 12.3. The van der Waals surface area contributed by atoms with Crippen LogP contribution in [0.5, 0.6) is 0 Å². The summed E-state index contributed by atoms with van der Waals surface area (Å²) in [4.78, 5) is 0. The molecule has 0 amide bonds. The summed E-state index contributed by atoms with van der Waals surface area (Å²) in [5.74, 6) is -0.689. The third-order valence-corrected chi connectivity index (χ3v) is 2.85. The van der Waals surface area contributed by atoms with E-state index in [0.717, 1.165) is 0 Å². The number of halogens is 3. The molecule has 0 fully saturated rings. The van der Waals surface area contributed by atoms with Gasteiger partial charge >= 0.3 is 10.2 Å². The smallest absolute Gasteiger partial charge is 0.194 e. The van der Waals surface area contributed by atoms with E-state index >= 15 is 0 Å². The van der Waals surface area contributed by atoms with Crippen molar-refractivity contribution in [2.24, 2.45) is 0 Å². The van der Waals surface area contributed by atoms with Crippen molar-refractivity contribution >= 4 is 37.8 Å². The lowest BCUT2D eigenvalue weighted by Crippen LogP contribution is -1.96. The Bertz CT molecular complexity index is 419. The molecule has 0 N–H and O–H groups in total. The predicted molar refractivity (Wildman–Crippen MR) is 52.9 cm³/mol. The third-order valence-electron chi connectivity index (χ3n) is 1.34. The molecule has 0 saturated heterocycles. The zero-order valence-corrected chi connectivity index (χ0v) is 9.46. The van der Waals surface area contributed by atoms with Crippen LogP contribution in [-0.2, 0) is 16.0 Å². The Morgan fingerprint density at radius 3 is 2.62 bits per heavy atom. The van der Waals surface area contributed by atoms with E-state index in [1.54, 1.807) is 6.07 Å². The predicted octanol–water partition coefficient (Wildman–Crippen LogP) is 2.90. The van der Waals surface area contributed by atoms with E-state index in [1.807, 2.05) is 0 Å². The Labute approximate surface area is 89.1 Å². The second-order valence-electron chi connectivity index (χ2n) is 2.42. The first-order valence-electron chi connectivity index (χ1n) is 3.25. The highest BCUT2D eigenvalue weighted by Crippen LogP contribution is 2.23. The van der Waals surface area contributed by atoms with E-state index in [0.29, 0.717) is 4.47 Å². The highest BCUT2D eigenvalue weighted by molar-refractivity contribution is 9.10. The number of rotatable bonds is 2. The summed E-state index contributed by atoms with van der Waals surface area (Å²) in [6.45, 7) is 0. The quantitative estimate of drug-likeness (QED) is 0.784. The van der Waals surface area contributed by atoms with Gasteiger partial charge in [0.1, 0.15) is 5.75 Å². The van der Waals surface area contributed by atoms with Gasteiger partial charge in [-0.3, -0.25) is 0 Å². The van der Waals surface area contributed by atoms with Gasteiger partial charge in [0.05, 0.1) is 0 Å². The summed E-state index contributed by atoms with van der Waals surface area (Å²) < 4.78 is 33.6. The molecule has 0 unspecified atom stereocenters. The molecule has 0 bridgehead atoms. The maximum atomic E-state index is 12.3. The maximum Gasteiger partial charge on any atom is 0.306 e. The van der Waals surface area contributed by atoms with E-state index in [-0.39, 0.29) is 10.6 Å². The van der Waals surface area contributed by atoms with Crippen molar-refractivity contribution in [1.29, 1.82) is 0 Å².